The van der Waals surface area contributed by atoms with Crippen molar-refractivity contribution in [3.8, 4) is 45.3 Å². The number of hydrogen-bond donors (Lipinski definition) is 0. The van der Waals surface area contributed by atoms with E-state index in [1.165, 1.54) is 10.8 Å². The summed E-state index contributed by atoms with van der Waals surface area (Å²) in [5.41, 5.74) is 5.15. The zero-order chi connectivity index (χ0) is 23.6. The molecule has 0 spiro atoms. The molecule has 0 bridgehead atoms. The molecule has 5 aromatic carbocycles. The van der Waals surface area contributed by atoms with Crippen LogP contribution in [0.4, 0.5) is 0 Å². The summed E-state index contributed by atoms with van der Waals surface area (Å²) in [7, 11) is 0. The number of fused-ring (bicyclic) bond motifs is 1. The highest BCUT2D eigenvalue weighted by Crippen LogP contribution is 2.34. The maximum absolute atomic E-state index is 4.88. The van der Waals surface area contributed by atoms with E-state index in [-0.39, 0.29) is 0 Å². The van der Waals surface area contributed by atoms with Gasteiger partial charge in [-0.15, -0.1) is 0 Å². The van der Waals surface area contributed by atoms with E-state index in [0.29, 0.717) is 17.5 Å². The minimum Gasteiger partial charge on any atom is -0.208 e. The molecule has 0 aliphatic rings. The number of benzene rings is 5. The molecule has 0 aliphatic heterocycles. The van der Waals surface area contributed by atoms with Crippen LogP contribution in [0.15, 0.2) is 126 Å². The summed E-state index contributed by atoms with van der Waals surface area (Å²) >= 11 is 3.68. The Balaban J connectivity index is 1.53. The van der Waals surface area contributed by atoms with Gasteiger partial charge in [-0.2, -0.15) is 0 Å². The molecule has 1 aromatic heterocycles. The van der Waals surface area contributed by atoms with Crippen LogP contribution in [0.5, 0.6) is 0 Å². The van der Waals surface area contributed by atoms with Gasteiger partial charge >= 0.3 is 0 Å². The Kier molecular flexibility index (Phi) is 5.65. The molecule has 0 atom stereocenters. The number of aromatic nitrogens is 3. The maximum Gasteiger partial charge on any atom is 0.164 e. The van der Waals surface area contributed by atoms with Crippen LogP contribution < -0.4 is 0 Å². The Morgan fingerprint density at radius 2 is 0.943 bits per heavy atom. The van der Waals surface area contributed by atoms with Gasteiger partial charge in [0.15, 0.2) is 17.5 Å². The van der Waals surface area contributed by atoms with Crippen molar-refractivity contribution < 1.29 is 0 Å². The van der Waals surface area contributed by atoms with Gasteiger partial charge in [0, 0.05) is 21.2 Å². The SMILES string of the molecule is Brc1cc(-c2cccc(-c3nc(-c4ccccc4)nc(-c4ccccc4)n3)c2)c2ccccc2c1. The van der Waals surface area contributed by atoms with Crippen LogP contribution in [0.2, 0.25) is 0 Å². The maximum atomic E-state index is 4.88. The molecule has 4 heteroatoms. The van der Waals surface area contributed by atoms with Crippen molar-refractivity contribution in [1.82, 2.24) is 15.0 Å². The van der Waals surface area contributed by atoms with E-state index in [9.17, 15) is 0 Å². The van der Waals surface area contributed by atoms with E-state index >= 15 is 0 Å². The van der Waals surface area contributed by atoms with Crippen molar-refractivity contribution in [2.75, 3.05) is 0 Å². The van der Waals surface area contributed by atoms with Crippen LogP contribution in [0.25, 0.3) is 56.1 Å². The van der Waals surface area contributed by atoms with Crippen LogP contribution in [-0.2, 0) is 0 Å². The zero-order valence-electron chi connectivity index (χ0n) is 18.8. The summed E-state index contributed by atoms with van der Waals surface area (Å²) in [4.78, 5) is 14.6. The van der Waals surface area contributed by atoms with Crippen LogP contribution in [-0.4, -0.2) is 15.0 Å². The fourth-order valence-electron chi connectivity index (χ4n) is 4.28. The van der Waals surface area contributed by atoms with Crippen LogP contribution >= 0.6 is 15.9 Å². The van der Waals surface area contributed by atoms with Crippen LogP contribution in [0.1, 0.15) is 0 Å². The third-order valence-corrected chi connectivity index (χ3v) is 6.42. The summed E-state index contributed by atoms with van der Waals surface area (Å²) in [6, 6.07) is 41.3. The summed E-state index contributed by atoms with van der Waals surface area (Å²) in [6.45, 7) is 0. The highest BCUT2D eigenvalue weighted by atomic mass is 79.9. The highest BCUT2D eigenvalue weighted by Gasteiger charge is 2.13. The Morgan fingerprint density at radius 3 is 1.60 bits per heavy atom. The molecule has 3 nitrogen and oxygen atoms in total. The standard InChI is InChI=1S/C31H20BrN3/c32-26-19-24-14-7-8-17-27(24)28(20-26)23-15-9-16-25(18-23)31-34-29(21-10-3-1-4-11-21)33-30(35-31)22-12-5-2-6-13-22/h1-20H. The second-order valence-corrected chi connectivity index (χ2v) is 9.21. The van der Waals surface area contributed by atoms with Crippen molar-refractivity contribution in [2.24, 2.45) is 0 Å². The van der Waals surface area contributed by atoms with Crippen LogP contribution in [0.3, 0.4) is 0 Å². The average molecular weight is 514 g/mol. The zero-order valence-corrected chi connectivity index (χ0v) is 20.4. The van der Waals surface area contributed by atoms with Crippen molar-refractivity contribution >= 4 is 26.7 Å². The minimum absolute atomic E-state index is 0.652. The molecular weight excluding hydrogens is 494 g/mol. The lowest BCUT2D eigenvalue weighted by Gasteiger charge is -2.11. The molecule has 166 valence electrons. The molecule has 0 N–H and O–H groups in total. The van der Waals surface area contributed by atoms with Gasteiger partial charge < -0.3 is 0 Å². The number of nitrogens with zero attached hydrogens (tertiary/aromatic N) is 3. The Bertz CT molecular complexity index is 1590. The molecule has 0 fully saturated rings. The van der Waals surface area contributed by atoms with Gasteiger partial charge in [0.2, 0.25) is 0 Å². The summed E-state index contributed by atoms with van der Waals surface area (Å²) in [5.74, 6) is 1.97. The van der Waals surface area contributed by atoms with Gasteiger partial charge in [-0.05, 0) is 40.1 Å². The van der Waals surface area contributed by atoms with E-state index < -0.39 is 0 Å². The lowest BCUT2D eigenvalue weighted by Crippen LogP contribution is -2.00. The van der Waals surface area contributed by atoms with Crippen LogP contribution in [0, 0.1) is 0 Å². The fraction of sp³-hybridized carbons (Fsp3) is 0. The molecule has 0 saturated carbocycles. The minimum atomic E-state index is 0.652. The topological polar surface area (TPSA) is 38.7 Å². The van der Waals surface area contributed by atoms with Gasteiger partial charge in [-0.1, -0.05) is 119 Å². The lowest BCUT2D eigenvalue weighted by atomic mass is 9.97. The molecule has 35 heavy (non-hydrogen) atoms. The van der Waals surface area contributed by atoms with E-state index in [4.69, 9.17) is 15.0 Å². The first-order valence-corrected chi connectivity index (χ1v) is 12.2. The van der Waals surface area contributed by atoms with Crippen molar-refractivity contribution in [3.63, 3.8) is 0 Å². The smallest absolute Gasteiger partial charge is 0.164 e. The predicted molar refractivity (Wildman–Crippen MR) is 147 cm³/mol. The van der Waals surface area contributed by atoms with Crippen molar-refractivity contribution in [3.05, 3.63) is 126 Å². The van der Waals surface area contributed by atoms with E-state index in [2.05, 4.69) is 76.6 Å². The Morgan fingerprint density at radius 1 is 0.429 bits per heavy atom. The Hall–Kier alpha value is -4.15. The van der Waals surface area contributed by atoms with Crippen molar-refractivity contribution in [1.29, 1.82) is 0 Å². The fourth-order valence-corrected chi connectivity index (χ4v) is 4.75. The molecule has 0 aliphatic carbocycles. The summed E-state index contributed by atoms with van der Waals surface area (Å²) < 4.78 is 1.05. The second-order valence-electron chi connectivity index (χ2n) is 8.29. The molecule has 6 rings (SSSR count). The van der Waals surface area contributed by atoms with Gasteiger partial charge in [-0.3, -0.25) is 0 Å². The monoisotopic (exact) mass is 513 g/mol. The molecule has 6 aromatic rings. The largest absolute Gasteiger partial charge is 0.208 e. The van der Waals surface area contributed by atoms with E-state index in [1.54, 1.807) is 0 Å². The lowest BCUT2D eigenvalue weighted by molar-refractivity contribution is 1.07. The number of rotatable bonds is 4. The first kappa shape index (κ1) is 21.4. The second kappa shape index (κ2) is 9.24. The van der Waals surface area contributed by atoms with Gasteiger partial charge in [-0.25, -0.2) is 15.0 Å². The quantitative estimate of drug-likeness (QED) is 0.237. The summed E-state index contributed by atoms with van der Waals surface area (Å²) in [5, 5.41) is 2.40. The third kappa shape index (κ3) is 4.36. The molecule has 0 saturated heterocycles. The molecule has 0 amide bonds. The third-order valence-electron chi connectivity index (χ3n) is 5.96. The molecule has 0 radical (unpaired) electrons. The Labute approximate surface area is 212 Å². The first-order valence-electron chi connectivity index (χ1n) is 11.4. The number of halogens is 1. The normalized spacial score (nSPS) is 11.0. The molecular formula is C31H20BrN3. The molecule has 1 heterocycles. The molecule has 0 unspecified atom stereocenters. The van der Waals surface area contributed by atoms with E-state index in [1.807, 2.05) is 60.7 Å². The van der Waals surface area contributed by atoms with Gasteiger partial charge in [0.1, 0.15) is 0 Å². The summed E-state index contributed by atoms with van der Waals surface area (Å²) in [6.07, 6.45) is 0. The number of hydrogen-bond acceptors (Lipinski definition) is 3. The first-order chi connectivity index (χ1) is 17.2. The van der Waals surface area contributed by atoms with Crippen molar-refractivity contribution in [2.45, 2.75) is 0 Å². The average Bonchev–Trinajstić information content (AvgIpc) is 2.93. The highest BCUT2D eigenvalue weighted by molar-refractivity contribution is 9.10. The van der Waals surface area contributed by atoms with Gasteiger partial charge in [0.25, 0.3) is 0 Å². The van der Waals surface area contributed by atoms with Gasteiger partial charge in [0.05, 0.1) is 0 Å². The predicted octanol–water partition coefficient (Wildman–Crippen LogP) is 8.46. The van der Waals surface area contributed by atoms with E-state index in [0.717, 1.165) is 32.3 Å².